The van der Waals surface area contributed by atoms with E-state index in [2.05, 4.69) is 4.57 Å². The summed E-state index contributed by atoms with van der Waals surface area (Å²) < 4.78 is 2.09. The Balaban J connectivity index is 2.21. The molecule has 0 unspecified atom stereocenters. The molecule has 0 fully saturated rings. The first-order valence-corrected chi connectivity index (χ1v) is 7.50. The lowest BCUT2D eigenvalue weighted by molar-refractivity contribution is -0.384. The van der Waals surface area contributed by atoms with Gasteiger partial charge in [0.2, 0.25) is 0 Å². The van der Waals surface area contributed by atoms with E-state index in [9.17, 15) is 14.9 Å². The fourth-order valence-electron chi connectivity index (χ4n) is 2.82. The molecule has 1 aromatic heterocycles. The number of nitro benzene ring substituents is 1. The summed E-state index contributed by atoms with van der Waals surface area (Å²) in [5, 5.41) is 10.8. The summed E-state index contributed by atoms with van der Waals surface area (Å²) in [6.45, 7) is 7.11. The van der Waals surface area contributed by atoms with E-state index < -0.39 is 4.92 Å². The van der Waals surface area contributed by atoms with Crippen LogP contribution in [0.4, 0.5) is 5.69 Å². The molecule has 2 aromatic rings. The number of carbonyl (C=O) groups is 1. The fourth-order valence-corrected chi connectivity index (χ4v) is 2.82. The predicted octanol–water partition coefficient (Wildman–Crippen LogP) is 3.31. The van der Waals surface area contributed by atoms with Crippen LogP contribution in [0.5, 0.6) is 0 Å². The van der Waals surface area contributed by atoms with E-state index in [0.717, 1.165) is 23.5 Å². The van der Waals surface area contributed by atoms with Crippen molar-refractivity contribution in [1.82, 2.24) is 9.47 Å². The monoisotopic (exact) mass is 315 g/mol. The van der Waals surface area contributed by atoms with Gasteiger partial charge in [-0.15, -0.1) is 0 Å². The Morgan fingerprint density at radius 3 is 2.57 bits per heavy atom. The zero-order valence-corrected chi connectivity index (χ0v) is 13.9. The number of aromatic nitrogens is 1. The number of aryl methyl sites for hydroxylation is 1. The maximum atomic E-state index is 12.6. The van der Waals surface area contributed by atoms with Gasteiger partial charge in [-0.3, -0.25) is 14.9 Å². The van der Waals surface area contributed by atoms with Crippen LogP contribution in [0.3, 0.4) is 0 Å². The van der Waals surface area contributed by atoms with Gasteiger partial charge in [-0.2, -0.15) is 0 Å². The number of amides is 1. The average molecular weight is 315 g/mol. The molecule has 0 saturated carbocycles. The SMILES string of the molecule is CCn1c(C)cc(C(=O)N(C)Cc2cccc([N+](=O)[O-])c2)c1C. The molecule has 23 heavy (non-hydrogen) atoms. The lowest BCUT2D eigenvalue weighted by Crippen LogP contribution is -2.26. The second-order valence-corrected chi connectivity index (χ2v) is 5.62. The molecule has 0 N–H and O–H groups in total. The van der Waals surface area contributed by atoms with Crippen LogP contribution in [0.2, 0.25) is 0 Å². The Morgan fingerprint density at radius 1 is 1.30 bits per heavy atom. The van der Waals surface area contributed by atoms with Gasteiger partial charge in [0.1, 0.15) is 0 Å². The number of nitro groups is 1. The van der Waals surface area contributed by atoms with Crippen LogP contribution < -0.4 is 0 Å². The van der Waals surface area contributed by atoms with Crippen LogP contribution in [0.1, 0.15) is 34.2 Å². The molecule has 0 spiro atoms. The molecule has 122 valence electrons. The van der Waals surface area contributed by atoms with Crippen molar-refractivity contribution in [3.8, 4) is 0 Å². The highest BCUT2D eigenvalue weighted by molar-refractivity contribution is 5.95. The third kappa shape index (κ3) is 3.41. The van der Waals surface area contributed by atoms with Gasteiger partial charge in [-0.05, 0) is 32.4 Å². The molecule has 1 amide bonds. The molecule has 0 aliphatic rings. The Bertz CT molecular complexity index is 750. The van der Waals surface area contributed by atoms with Gasteiger partial charge in [0.05, 0.1) is 10.5 Å². The van der Waals surface area contributed by atoms with Crippen LogP contribution in [-0.2, 0) is 13.1 Å². The predicted molar refractivity (Wildman–Crippen MR) is 88.5 cm³/mol. The van der Waals surface area contributed by atoms with E-state index in [1.807, 2.05) is 26.8 Å². The maximum absolute atomic E-state index is 12.6. The number of benzene rings is 1. The van der Waals surface area contributed by atoms with Crippen molar-refractivity contribution in [1.29, 1.82) is 0 Å². The largest absolute Gasteiger partial charge is 0.349 e. The maximum Gasteiger partial charge on any atom is 0.269 e. The number of hydrogen-bond acceptors (Lipinski definition) is 3. The highest BCUT2D eigenvalue weighted by atomic mass is 16.6. The second-order valence-electron chi connectivity index (χ2n) is 5.62. The Labute approximate surface area is 135 Å². The standard InChI is InChI=1S/C17H21N3O3/c1-5-19-12(2)9-16(13(19)3)17(21)18(4)11-14-7-6-8-15(10-14)20(22)23/h6-10H,5,11H2,1-4H3. The van der Waals surface area contributed by atoms with Crippen molar-refractivity contribution < 1.29 is 9.72 Å². The van der Waals surface area contributed by atoms with Crippen LogP contribution in [-0.4, -0.2) is 27.3 Å². The van der Waals surface area contributed by atoms with Crippen molar-refractivity contribution >= 4 is 11.6 Å². The van der Waals surface area contributed by atoms with Crippen LogP contribution >= 0.6 is 0 Å². The normalized spacial score (nSPS) is 10.6. The molecule has 1 aromatic carbocycles. The summed E-state index contributed by atoms with van der Waals surface area (Å²) in [5.74, 6) is -0.0793. The minimum atomic E-state index is -0.430. The zero-order chi connectivity index (χ0) is 17.1. The van der Waals surface area contributed by atoms with Crippen LogP contribution in [0, 0.1) is 24.0 Å². The Kier molecular flexibility index (Phi) is 4.83. The third-order valence-electron chi connectivity index (χ3n) is 4.01. The molecule has 0 radical (unpaired) electrons. The summed E-state index contributed by atoms with van der Waals surface area (Å²) >= 11 is 0. The highest BCUT2D eigenvalue weighted by Gasteiger charge is 2.19. The Hall–Kier alpha value is -2.63. The average Bonchev–Trinajstić information content (AvgIpc) is 2.80. The number of rotatable bonds is 5. The number of hydrogen-bond donors (Lipinski definition) is 0. The van der Waals surface area contributed by atoms with Gasteiger partial charge < -0.3 is 9.47 Å². The van der Waals surface area contributed by atoms with Crippen molar-refractivity contribution in [2.45, 2.75) is 33.9 Å². The van der Waals surface area contributed by atoms with Crippen molar-refractivity contribution in [2.24, 2.45) is 0 Å². The molecule has 6 heteroatoms. The quantitative estimate of drug-likeness (QED) is 0.628. The lowest BCUT2D eigenvalue weighted by Gasteiger charge is -2.17. The van der Waals surface area contributed by atoms with E-state index in [1.165, 1.54) is 12.1 Å². The Morgan fingerprint density at radius 2 is 2.00 bits per heavy atom. The first-order chi connectivity index (χ1) is 10.8. The fraction of sp³-hybridized carbons (Fsp3) is 0.353. The van der Waals surface area contributed by atoms with Crippen LogP contribution in [0.15, 0.2) is 30.3 Å². The summed E-state index contributed by atoms with van der Waals surface area (Å²) in [4.78, 5) is 24.6. The molecule has 2 rings (SSSR count). The molecule has 6 nitrogen and oxygen atoms in total. The summed E-state index contributed by atoms with van der Waals surface area (Å²) in [5.41, 5.74) is 3.45. The smallest absolute Gasteiger partial charge is 0.269 e. The second kappa shape index (κ2) is 6.64. The van der Waals surface area contributed by atoms with Gasteiger partial charge >= 0.3 is 0 Å². The first kappa shape index (κ1) is 16.7. The molecule has 0 aliphatic heterocycles. The molecule has 1 heterocycles. The van der Waals surface area contributed by atoms with E-state index in [4.69, 9.17) is 0 Å². The summed E-state index contributed by atoms with van der Waals surface area (Å²) in [6.07, 6.45) is 0. The van der Waals surface area contributed by atoms with E-state index in [-0.39, 0.29) is 11.6 Å². The number of carbonyl (C=O) groups excluding carboxylic acids is 1. The molecule has 0 atom stereocenters. The molecular formula is C17H21N3O3. The van der Waals surface area contributed by atoms with Crippen molar-refractivity contribution in [3.05, 3.63) is 63.0 Å². The van der Waals surface area contributed by atoms with E-state index in [1.54, 1.807) is 24.1 Å². The number of non-ortho nitro benzene ring substituents is 1. The van der Waals surface area contributed by atoms with E-state index >= 15 is 0 Å². The molecular weight excluding hydrogens is 294 g/mol. The van der Waals surface area contributed by atoms with Gasteiger partial charge in [0, 0.05) is 43.7 Å². The van der Waals surface area contributed by atoms with Gasteiger partial charge in [-0.25, -0.2) is 0 Å². The van der Waals surface area contributed by atoms with Gasteiger partial charge in [0.25, 0.3) is 11.6 Å². The molecule has 0 saturated heterocycles. The minimum absolute atomic E-state index is 0.0347. The third-order valence-corrected chi connectivity index (χ3v) is 4.01. The number of nitrogens with zero attached hydrogens (tertiary/aromatic N) is 3. The topological polar surface area (TPSA) is 68.4 Å². The van der Waals surface area contributed by atoms with Crippen LogP contribution in [0.25, 0.3) is 0 Å². The zero-order valence-electron chi connectivity index (χ0n) is 13.9. The lowest BCUT2D eigenvalue weighted by atomic mass is 10.1. The van der Waals surface area contributed by atoms with Gasteiger partial charge in [-0.1, -0.05) is 12.1 Å². The highest BCUT2D eigenvalue weighted by Crippen LogP contribution is 2.19. The minimum Gasteiger partial charge on any atom is -0.349 e. The summed E-state index contributed by atoms with van der Waals surface area (Å²) in [6, 6.07) is 8.26. The van der Waals surface area contributed by atoms with E-state index in [0.29, 0.717) is 12.1 Å². The first-order valence-electron chi connectivity index (χ1n) is 7.50. The van der Waals surface area contributed by atoms with Crippen molar-refractivity contribution in [3.63, 3.8) is 0 Å². The molecule has 0 aliphatic carbocycles. The summed E-state index contributed by atoms with van der Waals surface area (Å²) in [7, 11) is 1.71. The van der Waals surface area contributed by atoms with Gasteiger partial charge in [0.15, 0.2) is 0 Å². The molecule has 0 bridgehead atoms. The van der Waals surface area contributed by atoms with Crippen molar-refractivity contribution in [2.75, 3.05) is 7.05 Å².